The number of imide groups is 1. The van der Waals surface area contributed by atoms with Crippen molar-refractivity contribution in [2.45, 2.75) is 77.6 Å². The van der Waals surface area contributed by atoms with Crippen molar-refractivity contribution in [1.82, 2.24) is 5.06 Å². The minimum absolute atomic E-state index is 0.213. The highest BCUT2D eigenvalue weighted by Crippen LogP contribution is 2.14. The summed E-state index contributed by atoms with van der Waals surface area (Å²) in [5.41, 5.74) is 0. The third kappa shape index (κ3) is 7.33. The molecule has 0 aliphatic carbocycles. The first kappa shape index (κ1) is 18.3. The van der Waals surface area contributed by atoms with Gasteiger partial charge in [0.25, 0.3) is 11.8 Å². The van der Waals surface area contributed by atoms with Crippen molar-refractivity contribution in [3.8, 4) is 0 Å². The molecule has 0 unspecified atom stereocenters. The molecule has 0 saturated carbocycles. The molecule has 0 radical (unpaired) electrons. The van der Waals surface area contributed by atoms with Gasteiger partial charge in [0, 0.05) is 25.7 Å². The normalized spacial score (nSPS) is 15.0. The molecular weight excluding hydrogens is 286 g/mol. The lowest BCUT2D eigenvalue weighted by Crippen LogP contribution is -2.41. The molecule has 0 bridgehead atoms. The quantitative estimate of drug-likeness (QED) is 0.458. The molecule has 0 aromatic carbocycles. The van der Waals surface area contributed by atoms with Gasteiger partial charge in [-0.2, -0.15) is 0 Å². The second-order valence-corrected chi connectivity index (χ2v) is 5.72. The van der Waals surface area contributed by atoms with Crippen LogP contribution in [0.25, 0.3) is 0 Å². The van der Waals surface area contributed by atoms with Crippen LogP contribution < -0.4 is 0 Å². The average molecular weight is 311 g/mol. The Labute approximate surface area is 131 Å². The molecule has 1 aliphatic heterocycles. The van der Waals surface area contributed by atoms with Crippen LogP contribution in [0.5, 0.6) is 0 Å². The standard InChI is InChI=1S/C16H25NO5/c1-13(18)9-6-4-2-3-5-7-12-16(21)22-17-14(19)10-8-11-15(17)20/h2-12H2,1H3. The van der Waals surface area contributed by atoms with Gasteiger partial charge in [0.05, 0.1) is 0 Å². The number of piperidine rings is 1. The molecule has 1 fully saturated rings. The van der Waals surface area contributed by atoms with Gasteiger partial charge in [-0.15, -0.1) is 5.06 Å². The van der Waals surface area contributed by atoms with Gasteiger partial charge >= 0.3 is 5.97 Å². The lowest BCUT2D eigenvalue weighted by molar-refractivity contribution is -0.205. The fourth-order valence-electron chi connectivity index (χ4n) is 2.33. The highest BCUT2D eigenvalue weighted by Gasteiger charge is 2.29. The minimum Gasteiger partial charge on any atom is -0.330 e. The molecule has 0 atom stereocenters. The molecule has 6 heteroatoms. The smallest absolute Gasteiger partial charge is 0.330 e. The molecule has 0 aromatic heterocycles. The zero-order valence-electron chi connectivity index (χ0n) is 13.3. The second kappa shape index (κ2) is 10.1. The van der Waals surface area contributed by atoms with Gasteiger partial charge in [0.2, 0.25) is 0 Å². The fourth-order valence-corrected chi connectivity index (χ4v) is 2.33. The van der Waals surface area contributed by atoms with Gasteiger partial charge in [0.15, 0.2) is 0 Å². The van der Waals surface area contributed by atoms with E-state index in [0.717, 1.165) is 32.1 Å². The first-order chi connectivity index (χ1) is 10.5. The number of amides is 2. The molecule has 1 aliphatic rings. The van der Waals surface area contributed by atoms with Crippen molar-refractivity contribution in [1.29, 1.82) is 0 Å². The summed E-state index contributed by atoms with van der Waals surface area (Å²) in [6, 6.07) is 0. The van der Waals surface area contributed by atoms with E-state index in [1.807, 2.05) is 0 Å². The zero-order chi connectivity index (χ0) is 16.4. The molecule has 1 saturated heterocycles. The molecule has 6 nitrogen and oxygen atoms in total. The second-order valence-electron chi connectivity index (χ2n) is 5.72. The van der Waals surface area contributed by atoms with E-state index in [-0.39, 0.29) is 25.0 Å². The van der Waals surface area contributed by atoms with E-state index in [0.29, 0.717) is 24.3 Å². The van der Waals surface area contributed by atoms with Crippen molar-refractivity contribution in [3.63, 3.8) is 0 Å². The summed E-state index contributed by atoms with van der Waals surface area (Å²) >= 11 is 0. The number of carbonyl (C=O) groups excluding carboxylic acids is 4. The van der Waals surface area contributed by atoms with E-state index < -0.39 is 17.8 Å². The van der Waals surface area contributed by atoms with Crippen molar-refractivity contribution in [2.24, 2.45) is 0 Å². The Bertz CT molecular complexity index is 403. The van der Waals surface area contributed by atoms with Crippen LogP contribution in [-0.2, 0) is 24.0 Å². The van der Waals surface area contributed by atoms with Gasteiger partial charge in [-0.05, 0) is 26.2 Å². The first-order valence-corrected chi connectivity index (χ1v) is 8.06. The highest BCUT2D eigenvalue weighted by molar-refractivity contribution is 5.97. The Balaban J connectivity index is 2.05. The Hall–Kier alpha value is -1.72. The van der Waals surface area contributed by atoms with Gasteiger partial charge < -0.3 is 9.63 Å². The fraction of sp³-hybridized carbons (Fsp3) is 0.750. The monoisotopic (exact) mass is 311 g/mol. The topological polar surface area (TPSA) is 80.8 Å². The summed E-state index contributed by atoms with van der Waals surface area (Å²) in [6.45, 7) is 1.60. The molecule has 0 N–H and O–H groups in total. The van der Waals surface area contributed by atoms with E-state index in [9.17, 15) is 19.2 Å². The Morgan fingerprint density at radius 1 is 0.909 bits per heavy atom. The zero-order valence-corrected chi connectivity index (χ0v) is 13.3. The van der Waals surface area contributed by atoms with E-state index >= 15 is 0 Å². The van der Waals surface area contributed by atoms with Crippen LogP contribution in [-0.4, -0.2) is 28.6 Å². The maximum absolute atomic E-state index is 11.6. The highest BCUT2D eigenvalue weighted by atomic mass is 16.7. The van der Waals surface area contributed by atoms with Crippen molar-refractivity contribution >= 4 is 23.6 Å². The number of ketones is 1. The molecule has 124 valence electrons. The number of hydrogen-bond acceptors (Lipinski definition) is 5. The van der Waals surface area contributed by atoms with E-state index in [2.05, 4.69) is 0 Å². The van der Waals surface area contributed by atoms with Crippen LogP contribution in [0.2, 0.25) is 0 Å². The van der Waals surface area contributed by atoms with E-state index in [4.69, 9.17) is 4.84 Å². The van der Waals surface area contributed by atoms with E-state index in [1.165, 1.54) is 0 Å². The van der Waals surface area contributed by atoms with Gasteiger partial charge in [-0.1, -0.05) is 25.7 Å². The van der Waals surface area contributed by atoms with Gasteiger partial charge in [-0.25, -0.2) is 4.79 Å². The number of nitrogens with zero attached hydrogens (tertiary/aromatic N) is 1. The predicted octanol–water partition coefficient (Wildman–Crippen LogP) is 2.69. The number of rotatable bonds is 10. The number of unbranched alkanes of at least 4 members (excludes halogenated alkanes) is 5. The van der Waals surface area contributed by atoms with Crippen molar-refractivity contribution in [2.75, 3.05) is 0 Å². The molecule has 0 aromatic rings. The molecular formula is C16H25NO5. The third-order valence-corrected chi connectivity index (χ3v) is 3.59. The van der Waals surface area contributed by atoms with Crippen LogP contribution in [0.3, 0.4) is 0 Å². The van der Waals surface area contributed by atoms with Crippen LogP contribution in [0.4, 0.5) is 0 Å². The summed E-state index contributed by atoms with van der Waals surface area (Å²) in [7, 11) is 0. The van der Waals surface area contributed by atoms with Crippen molar-refractivity contribution < 1.29 is 24.0 Å². The van der Waals surface area contributed by atoms with Crippen LogP contribution >= 0.6 is 0 Å². The summed E-state index contributed by atoms with van der Waals surface area (Å²) in [4.78, 5) is 50.1. The number of carbonyl (C=O) groups is 4. The third-order valence-electron chi connectivity index (χ3n) is 3.59. The number of hydroxylamine groups is 2. The molecule has 0 spiro atoms. The Morgan fingerprint density at radius 3 is 1.95 bits per heavy atom. The van der Waals surface area contributed by atoms with Gasteiger partial charge in [0.1, 0.15) is 5.78 Å². The molecule has 22 heavy (non-hydrogen) atoms. The van der Waals surface area contributed by atoms with Crippen molar-refractivity contribution in [3.05, 3.63) is 0 Å². The summed E-state index contributed by atoms with van der Waals surface area (Å²) in [6.07, 6.45) is 7.47. The Morgan fingerprint density at radius 2 is 1.41 bits per heavy atom. The molecule has 2 amide bonds. The van der Waals surface area contributed by atoms with Crippen LogP contribution in [0.1, 0.15) is 77.6 Å². The average Bonchev–Trinajstić information content (AvgIpc) is 2.45. The minimum atomic E-state index is -0.528. The van der Waals surface area contributed by atoms with Crippen LogP contribution in [0, 0.1) is 0 Å². The maximum atomic E-state index is 11.6. The lowest BCUT2D eigenvalue weighted by Gasteiger charge is -2.22. The summed E-state index contributed by atoms with van der Waals surface area (Å²) in [5, 5.41) is 0.619. The largest absolute Gasteiger partial charge is 0.333 e. The van der Waals surface area contributed by atoms with Crippen LogP contribution in [0.15, 0.2) is 0 Å². The van der Waals surface area contributed by atoms with Gasteiger partial charge in [-0.3, -0.25) is 9.59 Å². The SMILES string of the molecule is CC(=O)CCCCCCCCC(=O)ON1C(=O)CCCC1=O. The summed E-state index contributed by atoms with van der Waals surface area (Å²) in [5.74, 6) is -1.17. The predicted molar refractivity (Wildman–Crippen MR) is 79.4 cm³/mol. The lowest BCUT2D eigenvalue weighted by atomic mass is 10.1. The summed E-state index contributed by atoms with van der Waals surface area (Å²) < 4.78 is 0. The first-order valence-electron chi connectivity index (χ1n) is 8.06. The maximum Gasteiger partial charge on any atom is 0.333 e. The van der Waals surface area contributed by atoms with E-state index in [1.54, 1.807) is 6.92 Å². The number of Topliss-reactive ketones (excluding diaryl/α,β-unsaturated/α-hetero) is 1. The molecule has 1 heterocycles. The number of hydrogen-bond donors (Lipinski definition) is 0. The molecule has 1 rings (SSSR count). The Kier molecular flexibility index (Phi) is 8.40.